The van der Waals surface area contributed by atoms with Crippen LogP contribution in [0.15, 0.2) is 18.9 Å². The van der Waals surface area contributed by atoms with Crippen LogP contribution in [0.5, 0.6) is 0 Å². The van der Waals surface area contributed by atoms with Crippen LogP contribution in [0.4, 0.5) is 0 Å². The van der Waals surface area contributed by atoms with Gasteiger partial charge in [0, 0.05) is 36.8 Å². The largest absolute Gasteiger partial charge is 0.292 e. The van der Waals surface area contributed by atoms with E-state index in [2.05, 4.69) is 28.6 Å². The predicted molar refractivity (Wildman–Crippen MR) is 52.4 cm³/mol. The van der Waals surface area contributed by atoms with Crippen molar-refractivity contribution in [1.82, 2.24) is 15.1 Å². The van der Waals surface area contributed by atoms with Crippen molar-refractivity contribution < 1.29 is 0 Å². The quantitative estimate of drug-likeness (QED) is 0.691. The Kier molecular flexibility index (Phi) is 2.19. The third kappa shape index (κ3) is 1.52. The molecule has 1 aromatic rings. The van der Waals surface area contributed by atoms with Gasteiger partial charge in [-0.1, -0.05) is 6.08 Å². The lowest BCUT2D eigenvalue weighted by atomic mass is 10.1. The maximum Gasteiger partial charge on any atom is 0.0535 e. The van der Waals surface area contributed by atoms with Crippen LogP contribution < -0.4 is 0 Å². The fraction of sp³-hybridized carbons (Fsp3) is 0.500. The summed E-state index contributed by atoms with van der Waals surface area (Å²) in [5, 5.41) is 7.08. The molecule has 2 heterocycles. The molecule has 1 aromatic heterocycles. The van der Waals surface area contributed by atoms with Crippen molar-refractivity contribution in [2.75, 3.05) is 6.54 Å². The molecule has 1 unspecified atom stereocenters. The van der Waals surface area contributed by atoms with Crippen molar-refractivity contribution in [3.8, 4) is 0 Å². The Hall–Kier alpha value is -1.09. The maximum absolute atomic E-state index is 4.05. The second kappa shape index (κ2) is 3.34. The lowest BCUT2D eigenvalue weighted by molar-refractivity contribution is 0.221. The van der Waals surface area contributed by atoms with Gasteiger partial charge in [-0.05, 0) is 6.92 Å². The summed E-state index contributed by atoms with van der Waals surface area (Å²) in [6.07, 6.45) is 5.00. The van der Waals surface area contributed by atoms with Crippen LogP contribution in [0.25, 0.3) is 0 Å². The van der Waals surface area contributed by atoms with Gasteiger partial charge in [-0.25, -0.2) is 0 Å². The van der Waals surface area contributed by atoms with Crippen molar-refractivity contribution in [2.24, 2.45) is 0 Å². The van der Waals surface area contributed by atoms with Crippen LogP contribution in [0.1, 0.15) is 18.2 Å². The number of aromatic amines is 1. The highest BCUT2D eigenvalue weighted by atomic mass is 15.2. The molecule has 0 amide bonds. The molecule has 70 valence electrons. The van der Waals surface area contributed by atoms with E-state index < -0.39 is 0 Å². The number of hydrogen-bond donors (Lipinski definition) is 1. The number of rotatable bonds is 2. The summed E-state index contributed by atoms with van der Waals surface area (Å²) >= 11 is 0. The van der Waals surface area contributed by atoms with Crippen LogP contribution in [0, 0.1) is 0 Å². The van der Waals surface area contributed by atoms with Gasteiger partial charge in [-0.3, -0.25) is 10.00 Å². The summed E-state index contributed by atoms with van der Waals surface area (Å²) in [4.78, 5) is 2.41. The molecular weight excluding hydrogens is 162 g/mol. The number of hydrogen-bond acceptors (Lipinski definition) is 2. The average Bonchev–Trinajstić information content (AvgIpc) is 2.63. The second-order valence-corrected chi connectivity index (χ2v) is 3.57. The minimum Gasteiger partial charge on any atom is -0.292 e. The Morgan fingerprint density at radius 3 is 3.38 bits per heavy atom. The molecule has 3 nitrogen and oxygen atoms in total. The molecule has 0 spiro atoms. The van der Waals surface area contributed by atoms with Crippen molar-refractivity contribution >= 4 is 0 Å². The highest BCUT2D eigenvalue weighted by molar-refractivity contribution is 5.19. The van der Waals surface area contributed by atoms with Gasteiger partial charge >= 0.3 is 0 Å². The summed E-state index contributed by atoms with van der Waals surface area (Å²) in [5.74, 6) is 0. The van der Waals surface area contributed by atoms with Gasteiger partial charge in [0.25, 0.3) is 0 Å². The van der Waals surface area contributed by atoms with E-state index in [1.165, 1.54) is 11.3 Å². The minimum atomic E-state index is 0.461. The van der Waals surface area contributed by atoms with Crippen LogP contribution in [0.3, 0.4) is 0 Å². The SMILES string of the molecule is C=CC(C)N1CCc2[nH]ncc2C1. The molecule has 1 aliphatic rings. The molecule has 0 radical (unpaired) electrons. The molecule has 0 aromatic carbocycles. The summed E-state index contributed by atoms with van der Waals surface area (Å²) in [6.45, 7) is 8.09. The Labute approximate surface area is 78.4 Å². The Morgan fingerprint density at radius 2 is 2.62 bits per heavy atom. The molecule has 3 heteroatoms. The van der Waals surface area contributed by atoms with E-state index in [0.717, 1.165) is 19.5 Å². The molecule has 1 N–H and O–H groups in total. The van der Waals surface area contributed by atoms with E-state index in [-0.39, 0.29) is 0 Å². The van der Waals surface area contributed by atoms with E-state index in [1.54, 1.807) is 0 Å². The smallest absolute Gasteiger partial charge is 0.0535 e. The number of nitrogens with zero attached hydrogens (tertiary/aromatic N) is 2. The highest BCUT2D eigenvalue weighted by Crippen LogP contribution is 2.17. The van der Waals surface area contributed by atoms with Crippen LogP contribution in [0.2, 0.25) is 0 Å². The third-order valence-electron chi connectivity index (χ3n) is 2.75. The van der Waals surface area contributed by atoms with Gasteiger partial charge < -0.3 is 0 Å². The zero-order valence-electron chi connectivity index (χ0n) is 7.95. The second-order valence-electron chi connectivity index (χ2n) is 3.57. The van der Waals surface area contributed by atoms with E-state index in [1.807, 2.05) is 12.3 Å². The van der Waals surface area contributed by atoms with Gasteiger partial charge in [-0.15, -0.1) is 6.58 Å². The number of fused-ring (bicyclic) bond motifs is 1. The minimum absolute atomic E-state index is 0.461. The van der Waals surface area contributed by atoms with Gasteiger partial charge in [0.05, 0.1) is 6.20 Å². The van der Waals surface area contributed by atoms with Gasteiger partial charge in [0.1, 0.15) is 0 Å². The zero-order chi connectivity index (χ0) is 9.26. The van der Waals surface area contributed by atoms with Crippen LogP contribution >= 0.6 is 0 Å². The van der Waals surface area contributed by atoms with Crippen molar-refractivity contribution in [2.45, 2.75) is 25.9 Å². The number of nitrogens with one attached hydrogen (secondary N) is 1. The molecule has 0 bridgehead atoms. The van der Waals surface area contributed by atoms with Crippen LogP contribution in [-0.4, -0.2) is 27.7 Å². The standard InChI is InChI=1S/C10H15N3/c1-3-8(2)13-5-4-10-9(7-13)6-11-12-10/h3,6,8H,1,4-5,7H2,2H3,(H,11,12). The normalized spacial score (nSPS) is 19.5. The van der Waals surface area contributed by atoms with E-state index in [0.29, 0.717) is 6.04 Å². The Morgan fingerprint density at radius 1 is 1.77 bits per heavy atom. The van der Waals surface area contributed by atoms with Crippen molar-refractivity contribution in [1.29, 1.82) is 0 Å². The molecule has 0 aliphatic carbocycles. The van der Waals surface area contributed by atoms with Gasteiger partial charge in [0.2, 0.25) is 0 Å². The molecule has 1 aliphatic heterocycles. The van der Waals surface area contributed by atoms with E-state index >= 15 is 0 Å². The lowest BCUT2D eigenvalue weighted by Crippen LogP contribution is -2.36. The molecule has 0 saturated heterocycles. The summed E-state index contributed by atoms with van der Waals surface area (Å²) in [7, 11) is 0. The number of H-pyrrole nitrogens is 1. The fourth-order valence-electron chi connectivity index (χ4n) is 1.74. The van der Waals surface area contributed by atoms with Crippen molar-refractivity contribution in [3.63, 3.8) is 0 Å². The van der Waals surface area contributed by atoms with Crippen molar-refractivity contribution in [3.05, 3.63) is 30.1 Å². The van der Waals surface area contributed by atoms with Gasteiger partial charge in [0.15, 0.2) is 0 Å². The molecule has 13 heavy (non-hydrogen) atoms. The monoisotopic (exact) mass is 177 g/mol. The maximum atomic E-state index is 4.05. The molecular formula is C10H15N3. The third-order valence-corrected chi connectivity index (χ3v) is 2.75. The first-order chi connectivity index (χ1) is 6.31. The van der Waals surface area contributed by atoms with Crippen LogP contribution in [-0.2, 0) is 13.0 Å². The van der Waals surface area contributed by atoms with E-state index in [4.69, 9.17) is 0 Å². The zero-order valence-corrected chi connectivity index (χ0v) is 7.95. The molecule has 1 atom stereocenters. The molecule has 0 saturated carbocycles. The molecule has 2 rings (SSSR count). The summed E-state index contributed by atoms with van der Waals surface area (Å²) in [6, 6.07) is 0.461. The predicted octanol–water partition coefficient (Wildman–Crippen LogP) is 1.34. The average molecular weight is 177 g/mol. The summed E-state index contributed by atoms with van der Waals surface area (Å²) < 4.78 is 0. The first kappa shape index (κ1) is 8.51. The highest BCUT2D eigenvalue weighted by Gasteiger charge is 2.19. The summed E-state index contributed by atoms with van der Waals surface area (Å²) in [5.41, 5.74) is 2.63. The lowest BCUT2D eigenvalue weighted by Gasteiger charge is -2.30. The van der Waals surface area contributed by atoms with E-state index in [9.17, 15) is 0 Å². The topological polar surface area (TPSA) is 31.9 Å². The first-order valence-electron chi connectivity index (χ1n) is 4.69. The van der Waals surface area contributed by atoms with Gasteiger partial charge in [-0.2, -0.15) is 5.10 Å². The fourth-order valence-corrected chi connectivity index (χ4v) is 1.74. The number of aromatic nitrogens is 2. The Balaban J connectivity index is 2.12. The first-order valence-corrected chi connectivity index (χ1v) is 4.69. The Bertz CT molecular complexity index is 303. The molecule has 0 fully saturated rings.